The van der Waals surface area contributed by atoms with E-state index in [2.05, 4.69) is 205 Å². The van der Waals surface area contributed by atoms with E-state index in [0.29, 0.717) is 5.82 Å². The van der Waals surface area contributed by atoms with Gasteiger partial charge in [0.2, 0.25) is 0 Å². The van der Waals surface area contributed by atoms with Crippen LogP contribution in [0.15, 0.2) is 224 Å². The van der Waals surface area contributed by atoms with E-state index in [9.17, 15) is 0 Å². The Kier molecular flexibility index (Phi) is 8.17. The second kappa shape index (κ2) is 14.3. The van der Waals surface area contributed by atoms with E-state index in [-0.39, 0.29) is 0 Å². The minimum absolute atomic E-state index is 0.707. The first kappa shape index (κ1) is 34.9. The van der Waals surface area contributed by atoms with Gasteiger partial charge in [-0.3, -0.25) is 0 Å². The molecule has 2 heterocycles. The van der Waals surface area contributed by atoms with Crippen LogP contribution in [-0.2, 0) is 0 Å². The highest BCUT2D eigenvalue weighted by molar-refractivity contribution is 6.29. The molecule has 0 bridgehead atoms. The predicted octanol–water partition coefficient (Wildman–Crippen LogP) is 15.4. The van der Waals surface area contributed by atoms with Crippen LogP contribution in [0.1, 0.15) is 0 Å². The molecule has 0 saturated carbocycles. The molecule has 10 aromatic carbocycles. The SMILES string of the molecule is c1ccc(-c2ccc(-n3c4ccccc4c4ccc(-c5ccc6c7ccccc7c7cccc(-c8cc(-c9ccccc9)nc(-c9ccccc9)n8)c7c6c5)cc43)cc2)cc1. The minimum atomic E-state index is 0.707. The summed E-state index contributed by atoms with van der Waals surface area (Å²) in [6.45, 7) is 0. The number of aromatic nitrogens is 3. The maximum absolute atomic E-state index is 5.32. The van der Waals surface area contributed by atoms with Gasteiger partial charge in [0.25, 0.3) is 0 Å². The van der Waals surface area contributed by atoms with Crippen LogP contribution >= 0.6 is 0 Å². The Labute approximate surface area is 353 Å². The van der Waals surface area contributed by atoms with Gasteiger partial charge in [0.1, 0.15) is 0 Å². The third kappa shape index (κ3) is 5.90. The second-order valence-electron chi connectivity index (χ2n) is 15.7. The van der Waals surface area contributed by atoms with Gasteiger partial charge >= 0.3 is 0 Å². The average molecular weight is 776 g/mol. The molecule has 0 amide bonds. The smallest absolute Gasteiger partial charge is 0.160 e. The van der Waals surface area contributed by atoms with Crippen molar-refractivity contribution in [2.45, 2.75) is 0 Å². The molecule has 284 valence electrons. The molecule has 0 unspecified atom stereocenters. The van der Waals surface area contributed by atoms with Crippen molar-refractivity contribution >= 4 is 54.1 Å². The number of hydrogen-bond donors (Lipinski definition) is 0. The summed E-state index contributed by atoms with van der Waals surface area (Å²) in [4.78, 5) is 10.4. The highest BCUT2D eigenvalue weighted by Gasteiger charge is 2.19. The zero-order chi connectivity index (χ0) is 40.3. The zero-order valence-corrected chi connectivity index (χ0v) is 33.2. The van der Waals surface area contributed by atoms with Gasteiger partial charge in [-0.25, -0.2) is 9.97 Å². The first-order valence-corrected chi connectivity index (χ1v) is 20.8. The zero-order valence-electron chi connectivity index (χ0n) is 33.2. The summed E-state index contributed by atoms with van der Waals surface area (Å²) in [7, 11) is 0. The summed E-state index contributed by atoms with van der Waals surface area (Å²) < 4.78 is 2.41. The molecule has 0 aliphatic heterocycles. The number of benzene rings is 10. The van der Waals surface area contributed by atoms with Crippen molar-refractivity contribution in [3.8, 4) is 61.8 Å². The van der Waals surface area contributed by atoms with E-state index in [1.54, 1.807) is 0 Å². The predicted molar refractivity (Wildman–Crippen MR) is 256 cm³/mol. The summed E-state index contributed by atoms with van der Waals surface area (Å²) in [5.74, 6) is 0.707. The van der Waals surface area contributed by atoms with Crippen molar-refractivity contribution in [2.24, 2.45) is 0 Å². The van der Waals surface area contributed by atoms with Gasteiger partial charge in [0.15, 0.2) is 5.82 Å². The Bertz CT molecular complexity index is 3550. The molecule has 12 aromatic rings. The van der Waals surface area contributed by atoms with Gasteiger partial charge in [-0.2, -0.15) is 0 Å². The van der Waals surface area contributed by atoms with Gasteiger partial charge in [-0.15, -0.1) is 0 Å². The molecule has 0 aliphatic carbocycles. The Morgan fingerprint density at radius 3 is 1.52 bits per heavy atom. The lowest BCUT2D eigenvalue weighted by atomic mass is 9.89. The lowest BCUT2D eigenvalue weighted by Gasteiger charge is -2.16. The summed E-state index contributed by atoms with van der Waals surface area (Å²) in [5, 5.41) is 9.74. The molecule has 3 nitrogen and oxygen atoms in total. The van der Waals surface area contributed by atoms with Crippen LogP contribution in [0.5, 0.6) is 0 Å². The van der Waals surface area contributed by atoms with E-state index in [0.717, 1.165) is 44.9 Å². The van der Waals surface area contributed by atoms with Crippen molar-refractivity contribution in [1.82, 2.24) is 14.5 Å². The highest BCUT2D eigenvalue weighted by Crippen LogP contribution is 2.43. The largest absolute Gasteiger partial charge is 0.309 e. The molecular formula is C58H37N3. The van der Waals surface area contributed by atoms with Crippen molar-refractivity contribution < 1.29 is 0 Å². The molecule has 0 N–H and O–H groups in total. The normalized spacial score (nSPS) is 11.6. The Morgan fingerprint density at radius 2 is 0.787 bits per heavy atom. The maximum atomic E-state index is 5.32. The molecule has 2 aromatic heterocycles. The monoisotopic (exact) mass is 775 g/mol. The molecule has 0 fully saturated rings. The number of fused-ring (bicyclic) bond motifs is 9. The fraction of sp³-hybridized carbons (Fsp3) is 0. The number of para-hydroxylation sites is 1. The fourth-order valence-corrected chi connectivity index (χ4v) is 9.32. The van der Waals surface area contributed by atoms with E-state index in [1.165, 1.54) is 65.3 Å². The quantitative estimate of drug-likeness (QED) is 0.158. The van der Waals surface area contributed by atoms with Crippen LogP contribution in [-0.4, -0.2) is 14.5 Å². The van der Waals surface area contributed by atoms with E-state index in [4.69, 9.17) is 9.97 Å². The van der Waals surface area contributed by atoms with Gasteiger partial charge in [-0.1, -0.05) is 188 Å². The molecule has 0 spiro atoms. The number of nitrogens with zero attached hydrogens (tertiary/aromatic N) is 3. The average Bonchev–Trinajstić information content (AvgIpc) is 3.68. The molecule has 3 heteroatoms. The van der Waals surface area contributed by atoms with Crippen LogP contribution in [0.3, 0.4) is 0 Å². The van der Waals surface area contributed by atoms with Crippen LogP contribution in [0, 0.1) is 0 Å². The second-order valence-corrected chi connectivity index (χ2v) is 15.7. The fourth-order valence-electron chi connectivity index (χ4n) is 9.32. The van der Waals surface area contributed by atoms with Crippen LogP contribution in [0.2, 0.25) is 0 Å². The molecule has 0 aliphatic rings. The highest BCUT2D eigenvalue weighted by atomic mass is 15.0. The maximum Gasteiger partial charge on any atom is 0.160 e. The summed E-state index contributed by atoms with van der Waals surface area (Å²) >= 11 is 0. The van der Waals surface area contributed by atoms with Crippen LogP contribution < -0.4 is 0 Å². The van der Waals surface area contributed by atoms with E-state index < -0.39 is 0 Å². The summed E-state index contributed by atoms with van der Waals surface area (Å²) in [6, 6.07) is 80.5. The first-order valence-electron chi connectivity index (χ1n) is 20.8. The lowest BCUT2D eigenvalue weighted by molar-refractivity contribution is 1.18. The topological polar surface area (TPSA) is 30.7 Å². The molecule has 0 radical (unpaired) electrons. The van der Waals surface area contributed by atoms with Gasteiger partial charge in [0, 0.05) is 33.2 Å². The third-order valence-corrected chi connectivity index (χ3v) is 12.2. The minimum Gasteiger partial charge on any atom is -0.309 e. The number of rotatable bonds is 6. The van der Waals surface area contributed by atoms with Crippen molar-refractivity contribution in [3.05, 3.63) is 224 Å². The molecule has 61 heavy (non-hydrogen) atoms. The van der Waals surface area contributed by atoms with Crippen LogP contribution in [0.4, 0.5) is 0 Å². The molecule has 0 saturated heterocycles. The molecular weight excluding hydrogens is 739 g/mol. The van der Waals surface area contributed by atoms with E-state index >= 15 is 0 Å². The van der Waals surface area contributed by atoms with Gasteiger partial charge in [-0.05, 0) is 91.0 Å². The Morgan fingerprint density at radius 1 is 0.279 bits per heavy atom. The lowest BCUT2D eigenvalue weighted by Crippen LogP contribution is -1.97. The van der Waals surface area contributed by atoms with Gasteiger partial charge in [0.05, 0.1) is 22.4 Å². The number of hydrogen-bond acceptors (Lipinski definition) is 2. The molecule has 12 rings (SSSR count). The van der Waals surface area contributed by atoms with Crippen molar-refractivity contribution in [3.63, 3.8) is 0 Å². The van der Waals surface area contributed by atoms with Crippen LogP contribution in [0.25, 0.3) is 116 Å². The summed E-state index contributed by atoms with van der Waals surface area (Å²) in [6.07, 6.45) is 0. The van der Waals surface area contributed by atoms with E-state index in [1.807, 2.05) is 24.3 Å². The third-order valence-electron chi connectivity index (χ3n) is 12.2. The van der Waals surface area contributed by atoms with Crippen molar-refractivity contribution in [1.29, 1.82) is 0 Å². The Hall–Kier alpha value is -8.14. The summed E-state index contributed by atoms with van der Waals surface area (Å²) in [5.41, 5.74) is 13.2. The Balaban J connectivity index is 1.08. The van der Waals surface area contributed by atoms with Crippen molar-refractivity contribution in [2.75, 3.05) is 0 Å². The first-order chi connectivity index (χ1) is 30.2. The standard InChI is InChI=1S/C58H37N3/c1-4-15-38(16-5-1)39-27-31-44(32-28-39)61-55-26-13-12-23-48(55)49-34-30-43(36-56(49)61)42-29-33-47-45-21-10-11-22-46(45)50-24-14-25-51(57(50)52(47)35-42)54-37-53(40-17-6-2-7-18-40)59-58(60-54)41-19-8-3-9-20-41/h1-37H. The van der Waals surface area contributed by atoms with Gasteiger partial charge < -0.3 is 4.57 Å². The molecule has 0 atom stereocenters.